The fourth-order valence-corrected chi connectivity index (χ4v) is 2.96. The average Bonchev–Trinajstić information content (AvgIpc) is 3.19. The molecule has 0 spiro atoms. The molecule has 0 amide bonds. The third-order valence-electron chi connectivity index (χ3n) is 4.17. The van der Waals surface area contributed by atoms with E-state index < -0.39 is 5.97 Å². The Morgan fingerprint density at radius 1 is 1.04 bits per heavy atom. The fourth-order valence-electron chi connectivity index (χ4n) is 2.79. The third-order valence-corrected chi connectivity index (χ3v) is 4.40. The molecule has 1 heterocycles. The van der Waals surface area contributed by atoms with E-state index in [2.05, 4.69) is 4.74 Å². The highest BCUT2D eigenvalue weighted by Gasteiger charge is 2.17. The summed E-state index contributed by atoms with van der Waals surface area (Å²) in [6.07, 6.45) is 4.76. The Morgan fingerprint density at radius 3 is 2.61 bits per heavy atom. The number of ketones is 1. The number of hydrogen-bond acceptors (Lipinski definition) is 4. The zero-order valence-corrected chi connectivity index (χ0v) is 16.1. The molecule has 3 aromatic rings. The molecule has 6 heteroatoms. The third kappa shape index (κ3) is 4.15. The van der Waals surface area contributed by atoms with Crippen molar-refractivity contribution in [3.8, 4) is 11.4 Å². The molecule has 0 atom stereocenters. The average molecular weight is 396 g/mol. The Labute approximate surface area is 167 Å². The van der Waals surface area contributed by atoms with Crippen LogP contribution in [0.15, 0.2) is 66.9 Å². The summed E-state index contributed by atoms with van der Waals surface area (Å²) < 4.78 is 11.7. The number of benzene rings is 2. The molecular weight excluding hydrogens is 378 g/mol. The molecule has 142 valence electrons. The van der Waals surface area contributed by atoms with Crippen LogP contribution in [0.1, 0.15) is 21.6 Å². The number of ether oxygens (including phenoxy) is 2. The molecule has 2 aromatic carbocycles. The van der Waals surface area contributed by atoms with E-state index in [1.807, 2.05) is 22.9 Å². The topological polar surface area (TPSA) is 57.5 Å². The Morgan fingerprint density at radius 2 is 1.86 bits per heavy atom. The van der Waals surface area contributed by atoms with Crippen LogP contribution in [0.25, 0.3) is 11.8 Å². The Bertz CT molecular complexity index is 1050. The highest BCUT2D eigenvalue weighted by molar-refractivity contribution is 6.31. The lowest BCUT2D eigenvalue weighted by Gasteiger charge is -2.13. The number of carbonyl (C=O) groups excluding carboxylic acids is 2. The first-order valence-corrected chi connectivity index (χ1v) is 8.83. The van der Waals surface area contributed by atoms with Crippen molar-refractivity contribution in [3.05, 3.63) is 88.7 Å². The normalized spacial score (nSPS) is 10.8. The standard InChI is InChI=1S/C22H18ClNO4/c1-27-18-7-3-5-15(13-18)22(26)19-14-16(23)8-10-20(19)24-12-4-6-17(24)9-11-21(25)28-2/h3-14H,1-2H3/b11-9+. The van der Waals surface area contributed by atoms with Crippen LogP contribution in [0.3, 0.4) is 0 Å². The van der Waals surface area contributed by atoms with E-state index in [1.165, 1.54) is 13.2 Å². The van der Waals surface area contributed by atoms with Gasteiger partial charge in [0.15, 0.2) is 5.78 Å². The molecule has 5 nitrogen and oxygen atoms in total. The van der Waals surface area contributed by atoms with Gasteiger partial charge in [0, 0.05) is 34.1 Å². The fraction of sp³-hybridized carbons (Fsp3) is 0.0909. The van der Waals surface area contributed by atoms with E-state index in [-0.39, 0.29) is 5.78 Å². The van der Waals surface area contributed by atoms with Crippen molar-refractivity contribution in [2.45, 2.75) is 0 Å². The molecule has 0 saturated carbocycles. The number of halogens is 1. The summed E-state index contributed by atoms with van der Waals surface area (Å²) in [6.45, 7) is 0. The van der Waals surface area contributed by atoms with Crippen molar-refractivity contribution in [1.29, 1.82) is 0 Å². The maximum absolute atomic E-state index is 13.2. The second-order valence-electron chi connectivity index (χ2n) is 5.88. The minimum atomic E-state index is -0.462. The lowest BCUT2D eigenvalue weighted by atomic mass is 10.0. The molecule has 0 aliphatic heterocycles. The van der Waals surface area contributed by atoms with Crippen LogP contribution in [0.2, 0.25) is 5.02 Å². The number of aromatic nitrogens is 1. The first kappa shape index (κ1) is 19.5. The Kier molecular flexibility index (Phi) is 5.96. The summed E-state index contributed by atoms with van der Waals surface area (Å²) in [6, 6.07) is 15.7. The molecule has 0 aliphatic rings. The van der Waals surface area contributed by atoms with Gasteiger partial charge in [-0.25, -0.2) is 4.79 Å². The highest BCUT2D eigenvalue weighted by Crippen LogP contribution is 2.26. The van der Waals surface area contributed by atoms with Crippen molar-refractivity contribution < 1.29 is 19.1 Å². The summed E-state index contributed by atoms with van der Waals surface area (Å²) in [5.74, 6) is -0.0540. The van der Waals surface area contributed by atoms with Gasteiger partial charge in [0.05, 0.1) is 19.9 Å². The van der Waals surface area contributed by atoms with Crippen molar-refractivity contribution in [2.24, 2.45) is 0 Å². The SMILES string of the molecule is COC(=O)/C=C/c1cccn1-c1ccc(Cl)cc1C(=O)c1cccc(OC)c1. The number of carbonyl (C=O) groups is 2. The first-order valence-electron chi connectivity index (χ1n) is 8.45. The second kappa shape index (κ2) is 8.59. The van der Waals surface area contributed by atoms with Crippen LogP contribution in [0.4, 0.5) is 0 Å². The summed E-state index contributed by atoms with van der Waals surface area (Å²) in [7, 11) is 2.87. The van der Waals surface area contributed by atoms with Crippen LogP contribution in [-0.4, -0.2) is 30.5 Å². The molecule has 0 bridgehead atoms. The van der Waals surface area contributed by atoms with Crippen LogP contribution in [0, 0.1) is 0 Å². The van der Waals surface area contributed by atoms with Gasteiger partial charge in [0.2, 0.25) is 0 Å². The van der Waals surface area contributed by atoms with Gasteiger partial charge < -0.3 is 14.0 Å². The molecular formula is C22H18ClNO4. The lowest BCUT2D eigenvalue weighted by molar-refractivity contribution is -0.134. The number of esters is 1. The predicted octanol–water partition coefficient (Wildman–Crippen LogP) is 4.56. The molecule has 28 heavy (non-hydrogen) atoms. The summed E-state index contributed by atoms with van der Waals surface area (Å²) in [5.41, 5.74) is 2.28. The largest absolute Gasteiger partial charge is 0.497 e. The number of methoxy groups -OCH3 is 2. The van der Waals surface area contributed by atoms with E-state index in [4.69, 9.17) is 16.3 Å². The predicted molar refractivity (Wildman–Crippen MR) is 108 cm³/mol. The Balaban J connectivity index is 2.08. The van der Waals surface area contributed by atoms with Gasteiger partial charge in [0.1, 0.15) is 5.75 Å². The Hall–Kier alpha value is -3.31. The van der Waals surface area contributed by atoms with Crippen molar-refractivity contribution in [3.63, 3.8) is 0 Å². The molecule has 0 unspecified atom stereocenters. The van der Waals surface area contributed by atoms with Crippen LogP contribution in [0.5, 0.6) is 5.75 Å². The summed E-state index contributed by atoms with van der Waals surface area (Å²) in [5, 5.41) is 0.453. The van der Waals surface area contributed by atoms with Gasteiger partial charge >= 0.3 is 5.97 Å². The maximum Gasteiger partial charge on any atom is 0.330 e. The van der Waals surface area contributed by atoms with E-state index in [1.54, 1.807) is 55.7 Å². The molecule has 0 saturated heterocycles. The molecule has 3 rings (SSSR count). The number of hydrogen-bond donors (Lipinski definition) is 0. The highest BCUT2D eigenvalue weighted by atomic mass is 35.5. The number of rotatable bonds is 6. The first-order chi connectivity index (χ1) is 13.5. The second-order valence-corrected chi connectivity index (χ2v) is 6.32. The van der Waals surface area contributed by atoms with Gasteiger partial charge in [-0.15, -0.1) is 0 Å². The van der Waals surface area contributed by atoms with Crippen LogP contribution in [-0.2, 0) is 9.53 Å². The van der Waals surface area contributed by atoms with E-state index in [9.17, 15) is 9.59 Å². The zero-order chi connectivity index (χ0) is 20.1. The minimum absolute atomic E-state index is 0.187. The van der Waals surface area contributed by atoms with Crippen molar-refractivity contribution in [2.75, 3.05) is 14.2 Å². The van der Waals surface area contributed by atoms with Gasteiger partial charge in [-0.1, -0.05) is 23.7 Å². The molecule has 0 radical (unpaired) electrons. The van der Waals surface area contributed by atoms with Crippen LogP contribution >= 0.6 is 11.6 Å². The quantitative estimate of drug-likeness (QED) is 0.349. The summed E-state index contributed by atoms with van der Waals surface area (Å²) in [4.78, 5) is 24.6. The summed E-state index contributed by atoms with van der Waals surface area (Å²) >= 11 is 6.17. The smallest absolute Gasteiger partial charge is 0.330 e. The van der Waals surface area contributed by atoms with Gasteiger partial charge in [-0.3, -0.25) is 4.79 Å². The van der Waals surface area contributed by atoms with E-state index in [0.29, 0.717) is 33.3 Å². The van der Waals surface area contributed by atoms with E-state index >= 15 is 0 Å². The molecule has 0 N–H and O–H groups in total. The molecule has 1 aromatic heterocycles. The van der Waals surface area contributed by atoms with Gasteiger partial charge in [0.25, 0.3) is 0 Å². The maximum atomic E-state index is 13.2. The molecule has 0 fully saturated rings. The molecule has 0 aliphatic carbocycles. The van der Waals surface area contributed by atoms with Crippen molar-refractivity contribution >= 4 is 29.4 Å². The minimum Gasteiger partial charge on any atom is -0.497 e. The van der Waals surface area contributed by atoms with E-state index in [0.717, 1.165) is 0 Å². The van der Waals surface area contributed by atoms with Crippen molar-refractivity contribution in [1.82, 2.24) is 4.57 Å². The number of nitrogens with zero attached hydrogens (tertiary/aromatic N) is 1. The van der Waals surface area contributed by atoms with Gasteiger partial charge in [-0.2, -0.15) is 0 Å². The lowest BCUT2D eigenvalue weighted by Crippen LogP contribution is -2.08. The van der Waals surface area contributed by atoms with Gasteiger partial charge in [-0.05, 0) is 48.5 Å². The van der Waals surface area contributed by atoms with Crippen LogP contribution < -0.4 is 4.74 Å². The monoisotopic (exact) mass is 395 g/mol. The zero-order valence-electron chi connectivity index (χ0n) is 15.4.